The van der Waals surface area contributed by atoms with E-state index in [1.54, 1.807) is 5.88 Å². The van der Waals surface area contributed by atoms with Crippen molar-refractivity contribution in [1.29, 1.82) is 0 Å². The second-order valence-electron chi connectivity index (χ2n) is 0.986. The monoisotopic (exact) mass is 169 g/mol. The SMILES string of the molecule is Cl[CH]CCCBr. The van der Waals surface area contributed by atoms with Crippen molar-refractivity contribution in [3.05, 3.63) is 5.88 Å². The molecule has 0 heterocycles. The van der Waals surface area contributed by atoms with Crippen LogP contribution in [0.4, 0.5) is 0 Å². The van der Waals surface area contributed by atoms with Crippen LogP contribution in [-0.4, -0.2) is 5.33 Å². The first-order valence-electron chi connectivity index (χ1n) is 1.89. The summed E-state index contributed by atoms with van der Waals surface area (Å²) in [5.74, 6) is 1.65. The molecule has 0 amide bonds. The Bertz CT molecular complexity index is 19.5. The molecule has 0 atom stereocenters. The van der Waals surface area contributed by atoms with Crippen molar-refractivity contribution >= 4 is 27.5 Å². The van der Waals surface area contributed by atoms with E-state index >= 15 is 0 Å². The van der Waals surface area contributed by atoms with Crippen molar-refractivity contribution < 1.29 is 0 Å². The fourth-order valence-corrected chi connectivity index (χ4v) is 0.632. The molecular weight excluding hydrogens is 163 g/mol. The van der Waals surface area contributed by atoms with Gasteiger partial charge in [-0.05, 0) is 12.8 Å². The summed E-state index contributed by atoms with van der Waals surface area (Å²) in [6.07, 6.45) is 2.15. The van der Waals surface area contributed by atoms with E-state index in [-0.39, 0.29) is 0 Å². The second-order valence-corrected chi connectivity index (χ2v) is 2.09. The molecule has 0 unspecified atom stereocenters. The Hall–Kier alpha value is 0.770. The smallest absolute Gasteiger partial charge is 0.0500 e. The Kier molecular flexibility index (Phi) is 6.51. The van der Waals surface area contributed by atoms with Gasteiger partial charge in [-0.25, -0.2) is 0 Å². The Morgan fingerprint density at radius 1 is 1.67 bits per heavy atom. The predicted octanol–water partition coefficient (Wildman–Crippen LogP) is 2.56. The van der Waals surface area contributed by atoms with Gasteiger partial charge >= 0.3 is 0 Å². The van der Waals surface area contributed by atoms with Crippen LogP contribution in [0.5, 0.6) is 0 Å². The van der Waals surface area contributed by atoms with Crippen LogP contribution in [0.25, 0.3) is 0 Å². The van der Waals surface area contributed by atoms with E-state index in [4.69, 9.17) is 11.6 Å². The fraction of sp³-hybridized carbons (Fsp3) is 0.750. The van der Waals surface area contributed by atoms with E-state index in [0.717, 1.165) is 18.2 Å². The van der Waals surface area contributed by atoms with Gasteiger partial charge in [-0.1, -0.05) is 15.9 Å². The Balaban J connectivity index is 2.34. The lowest BCUT2D eigenvalue weighted by atomic mass is 10.4. The molecule has 0 nitrogen and oxygen atoms in total. The zero-order valence-corrected chi connectivity index (χ0v) is 5.80. The summed E-state index contributed by atoms with van der Waals surface area (Å²) < 4.78 is 0. The number of hydrogen-bond acceptors (Lipinski definition) is 0. The quantitative estimate of drug-likeness (QED) is 0.451. The highest BCUT2D eigenvalue weighted by molar-refractivity contribution is 9.09. The molecule has 1 radical (unpaired) electrons. The molecule has 0 saturated heterocycles. The summed E-state index contributed by atoms with van der Waals surface area (Å²) in [4.78, 5) is 0. The van der Waals surface area contributed by atoms with Crippen LogP contribution >= 0.6 is 27.5 Å². The topological polar surface area (TPSA) is 0 Å². The summed E-state index contributed by atoms with van der Waals surface area (Å²) in [5.41, 5.74) is 0. The van der Waals surface area contributed by atoms with Crippen LogP contribution in [-0.2, 0) is 0 Å². The minimum atomic E-state index is 1.01. The van der Waals surface area contributed by atoms with Crippen LogP contribution < -0.4 is 0 Å². The fourth-order valence-electron chi connectivity index (χ4n) is 0.154. The van der Waals surface area contributed by atoms with Gasteiger partial charge in [0.05, 0.1) is 0 Å². The normalized spacial score (nSPS) is 9.00. The van der Waals surface area contributed by atoms with E-state index in [1.165, 1.54) is 0 Å². The lowest BCUT2D eigenvalue weighted by molar-refractivity contribution is 0.961. The zero-order valence-electron chi connectivity index (χ0n) is 3.45. The Morgan fingerprint density at radius 2 is 2.33 bits per heavy atom. The molecule has 0 aliphatic heterocycles. The molecule has 0 rings (SSSR count). The van der Waals surface area contributed by atoms with Crippen LogP contribution in [0.2, 0.25) is 0 Å². The maximum Gasteiger partial charge on any atom is 0.0500 e. The van der Waals surface area contributed by atoms with E-state index in [2.05, 4.69) is 15.9 Å². The largest absolute Gasteiger partial charge is 0.121 e. The van der Waals surface area contributed by atoms with Crippen molar-refractivity contribution in [2.24, 2.45) is 0 Å². The molecule has 0 N–H and O–H groups in total. The molecular formula is C4H7BrCl. The van der Waals surface area contributed by atoms with E-state index < -0.39 is 0 Å². The third kappa shape index (κ3) is 4.77. The number of hydrogen-bond donors (Lipinski definition) is 0. The van der Waals surface area contributed by atoms with Crippen molar-refractivity contribution in [2.45, 2.75) is 12.8 Å². The van der Waals surface area contributed by atoms with Crippen LogP contribution in [0.15, 0.2) is 0 Å². The average Bonchev–Trinajstić information content (AvgIpc) is 1.61. The van der Waals surface area contributed by atoms with Gasteiger partial charge in [0.2, 0.25) is 0 Å². The van der Waals surface area contributed by atoms with Gasteiger partial charge in [-0.15, -0.1) is 11.6 Å². The van der Waals surface area contributed by atoms with E-state index in [0.29, 0.717) is 0 Å². The Morgan fingerprint density at radius 3 is 2.50 bits per heavy atom. The molecule has 0 aliphatic rings. The molecule has 0 saturated carbocycles. The van der Waals surface area contributed by atoms with Crippen LogP contribution in [0.3, 0.4) is 0 Å². The van der Waals surface area contributed by atoms with Gasteiger partial charge in [0.1, 0.15) is 0 Å². The summed E-state index contributed by atoms with van der Waals surface area (Å²) in [7, 11) is 0. The van der Waals surface area contributed by atoms with Gasteiger partial charge < -0.3 is 0 Å². The van der Waals surface area contributed by atoms with E-state index in [1.807, 2.05) is 0 Å². The number of unbranched alkanes of at least 4 members (excludes halogenated alkanes) is 1. The van der Waals surface area contributed by atoms with Gasteiger partial charge in [0.25, 0.3) is 0 Å². The molecule has 0 aliphatic carbocycles. The summed E-state index contributed by atoms with van der Waals surface area (Å²) >= 11 is 8.51. The summed E-state index contributed by atoms with van der Waals surface area (Å²) in [6.45, 7) is 0. The van der Waals surface area contributed by atoms with Crippen LogP contribution in [0.1, 0.15) is 12.8 Å². The van der Waals surface area contributed by atoms with Crippen molar-refractivity contribution in [2.75, 3.05) is 5.33 Å². The maximum absolute atomic E-state index is 5.23. The number of halogens is 2. The van der Waals surface area contributed by atoms with Gasteiger partial charge in [0.15, 0.2) is 0 Å². The van der Waals surface area contributed by atoms with Gasteiger partial charge in [-0.2, -0.15) is 0 Å². The third-order valence-electron chi connectivity index (χ3n) is 0.447. The number of rotatable bonds is 3. The highest BCUT2D eigenvalue weighted by Crippen LogP contribution is 1.98. The average molecular weight is 170 g/mol. The molecule has 6 heavy (non-hydrogen) atoms. The molecule has 0 fully saturated rings. The van der Waals surface area contributed by atoms with Crippen molar-refractivity contribution in [1.82, 2.24) is 0 Å². The first kappa shape index (κ1) is 6.77. The molecule has 37 valence electrons. The van der Waals surface area contributed by atoms with Crippen LogP contribution in [0, 0.1) is 5.88 Å². The predicted molar refractivity (Wildman–Crippen MR) is 33.2 cm³/mol. The third-order valence-corrected chi connectivity index (χ3v) is 1.23. The summed E-state index contributed by atoms with van der Waals surface area (Å²) in [5, 5.41) is 1.05. The molecule has 0 spiro atoms. The molecule has 0 bridgehead atoms. The first-order valence-corrected chi connectivity index (χ1v) is 3.45. The zero-order chi connectivity index (χ0) is 4.83. The standard InChI is InChI=1S/C4H7BrCl/c5-3-1-2-4-6/h4H,1-3H2. The highest BCUT2D eigenvalue weighted by atomic mass is 79.9. The highest BCUT2D eigenvalue weighted by Gasteiger charge is 1.78. The maximum atomic E-state index is 5.23. The van der Waals surface area contributed by atoms with Gasteiger partial charge in [-0.3, -0.25) is 0 Å². The lowest BCUT2D eigenvalue weighted by Crippen LogP contribution is -1.69. The minimum Gasteiger partial charge on any atom is -0.121 e. The Labute approximate surface area is 52.0 Å². The van der Waals surface area contributed by atoms with Crippen molar-refractivity contribution in [3.63, 3.8) is 0 Å². The minimum absolute atomic E-state index is 1.01. The van der Waals surface area contributed by atoms with E-state index in [9.17, 15) is 0 Å². The molecule has 2 heteroatoms. The summed E-state index contributed by atoms with van der Waals surface area (Å²) in [6, 6.07) is 0. The second kappa shape index (κ2) is 5.77. The first-order chi connectivity index (χ1) is 2.91. The molecule has 0 aromatic rings. The number of alkyl halides is 1. The van der Waals surface area contributed by atoms with Crippen molar-refractivity contribution in [3.8, 4) is 0 Å². The lowest BCUT2D eigenvalue weighted by Gasteiger charge is -1.82. The molecule has 0 aromatic heterocycles. The van der Waals surface area contributed by atoms with Gasteiger partial charge in [0, 0.05) is 11.2 Å². The molecule has 0 aromatic carbocycles.